The first-order chi connectivity index (χ1) is 12.2. The predicted molar refractivity (Wildman–Crippen MR) is 97.8 cm³/mol. The van der Waals surface area contributed by atoms with Gasteiger partial charge in [0.1, 0.15) is 12.0 Å². The van der Waals surface area contributed by atoms with Gasteiger partial charge in [-0.15, -0.1) is 0 Å². The molecule has 0 aliphatic rings. The molecule has 0 unspecified atom stereocenters. The second-order valence-electron chi connectivity index (χ2n) is 5.47. The van der Waals surface area contributed by atoms with E-state index >= 15 is 0 Å². The van der Waals surface area contributed by atoms with Crippen molar-refractivity contribution >= 4 is 17.9 Å². The second-order valence-corrected chi connectivity index (χ2v) is 5.47. The Balaban J connectivity index is 1.56. The van der Waals surface area contributed by atoms with E-state index in [2.05, 4.69) is 5.32 Å². The molecule has 0 aliphatic heterocycles. The first-order valence-corrected chi connectivity index (χ1v) is 7.88. The first kappa shape index (κ1) is 16.5. The zero-order chi connectivity index (χ0) is 17.5. The lowest BCUT2D eigenvalue weighted by atomic mass is 10.1. The number of hydrogen-bond acceptors (Lipinski definition) is 3. The van der Waals surface area contributed by atoms with Gasteiger partial charge in [-0.05, 0) is 35.4 Å². The fourth-order valence-corrected chi connectivity index (χ4v) is 2.40. The molecular formula is C21H17NO3. The molecule has 25 heavy (non-hydrogen) atoms. The highest BCUT2D eigenvalue weighted by Gasteiger charge is 2.05. The van der Waals surface area contributed by atoms with Gasteiger partial charge in [0, 0.05) is 11.3 Å². The Bertz CT molecular complexity index is 858. The van der Waals surface area contributed by atoms with E-state index in [4.69, 9.17) is 4.74 Å². The Morgan fingerprint density at radius 1 is 0.880 bits per heavy atom. The summed E-state index contributed by atoms with van der Waals surface area (Å²) in [6, 6.07) is 24.3. The number of rotatable bonds is 6. The van der Waals surface area contributed by atoms with Gasteiger partial charge in [0.2, 0.25) is 0 Å². The van der Waals surface area contributed by atoms with Crippen LogP contribution in [0.2, 0.25) is 0 Å². The monoisotopic (exact) mass is 331 g/mol. The van der Waals surface area contributed by atoms with Gasteiger partial charge < -0.3 is 10.1 Å². The van der Waals surface area contributed by atoms with Crippen molar-refractivity contribution in [3.63, 3.8) is 0 Å². The molecule has 0 aromatic heterocycles. The maximum Gasteiger partial charge on any atom is 0.262 e. The minimum atomic E-state index is -0.260. The van der Waals surface area contributed by atoms with Crippen LogP contribution in [0.15, 0.2) is 78.9 Å². The van der Waals surface area contributed by atoms with E-state index in [0.29, 0.717) is 17.0 Å². The van der Waals surface area contributed by atoms with Gasteiger partial charge in [-0.2, -0.15) is 0 Å². The second kappa shape index (κ2) is 7.93. The number of carbonyl (C=O) groups is 2. The van der Waals surface area contributed by atoms with Crippen molar-refractivity contribution in [2.75, 3.05) is 11.9 Å². The van der Waals surface area contributed by atoms with Crippen molar-refractivity contribution in [3.05, 3.63) is 84.4 Å². The number of aldehydes is 1. The molecule has 0 heterocycles. The van der Waals surface area contributed by atoms with E-state index in [0.717, 1.165) is 17.4 Å². The Labute approximate surface area is 146 Å². The van der Waals surface area contributed by atoms with E-state index in [1.54, 1.807) is 24.3 Å². The summed E-state index contributed by atoms with van der Waals surface area (Å²) in [4.78, 5) is 22.7. The smallest absolute Gasteiger partial charge is 0.262 e. The molecule has 1 N–H and O–H groups in total. The highest BCUT2D eigenvalue weighted by Crippen LogP contribution is 2.21. The van der Waals surface area contributed by atoms with Gasteiger partial charge in [0.05, 0.1) is 0 Å². The molecule has 4 nitrogen and oxygen atoms in total. The number of anilines is 1. The quantitative estimate of drug-likeness (QED) is 0.689. The SMILES string of the molecule is O=Cc1cccc(OCC(=O)Nc2ccc(-c3ccccc3)cc2)c1. The molecule has 1 amide bonds. The fraction of sp³-hybridized carbons (Fsp3) is 0.0476. The molecule has 3 rings (SSSR count). The highest BCUT2D eigenvalue weighted by molar-refractivity contribution is 5.92. The van der Waals surface area contributed by atoms with Gasteiger partial charge in [0.15, 0.2) is 6.61 Å². The number of nitrogens with one attached hydrogen (secondary N) is 1. The third-order valence-electron chi connectivity index (χ3n) is 3.64. The summed E-state index contributed by atoms with van der Waals surface area (Å²) in [6.07, 6.45) is 0.737. The van der Waals surface area contributed by atoms with Crippen molar-refractivity contribution in [3.8, 4) is 16.9 Å². The summed E-state index contributed by atoms with van der Waals surface area (Å²) < 4.78 is 5.40. The van der Waals surface area contributed by atoms with Crippen LogP contribution in [0.1, 0.15) is 10.4 Å². The molecule has 0 spiro atoms. The highest BCUT2D eigenvalue weighted by atomic mass is 16.5. The van der Waals surface area contributed by atoms with Gasteiger partial charge in [-0.1, -0.05) is 54.6 Å². The van der Waals surface area contributed by atoms with Crippen LogP contribution in [0.4, 0.5) is 5.69 Å². The minimum absolute atomic E-state index is 0.122. The van der Waals surface area contributed by atoms with Gasteiger partial charge >= 0.3 is 0 Å². The Hall–Kier alpha value is -3.40. The van der Waals surface area contributed by atoms with Crippen LogP contribution in [0.25, 0.3) is 11.1 Å². The first-order valence-electron chi connectivity index (χ1n) is 7.88. The number of ether oxygens (including phenoxy) is 1. The summed E-state index contributed by atoms with van der Waals surface area (Å²) in [6.45, 7) is -0.122. The van der Waals surface area contributed by atoms with E-state index in [9.17, 15) is 9.59 Å². The van der Waals surface area contributed by atoms with Crippen molar-refractivity contribution < 1.29 is 14.3 Å². The molecule has 3 aromatic carbocycles. The molecule has 0 fully saturated rings. The fourth-order valence-electron chi connectivity index (χ4n) is 2.40. The molecule has 124 valence electrons. The van der Waals surface area contributed by atoms with Crippen molar-refractivity contribution in [2.45, 2.75) is 0 Å². The molecule has 0 aliphatic carbocycles. The predicted octanol–water partition coefficient (Wildman–Crippen LogP) is 4.18. The molecular weight excluding hydrogens is 314 g/mol. The van der Waals surface area contributed by atoms with Crippen LogP contribution >= 0.6 is 0 Å². The molecule has 0 radical (unpaired) electrons. The zero-order valence-electron chi connectivity index (χ0n) is 13.5. The number of hydrogen-bond donors (Lipinski definition) is 1. The average molecular weight is 331 g/mol. The number of benzene rings is 3. The van der Waals surface area contributed by atoms with Crippen LogP contribution in [0.5, 0.6) is 5.75 Å². The Morgan fingerprint density at radius 3 is 2.32 bits per heavy atom. The topological polar surface area (TPSA) is 55.4 Å². The van der Waals surface area contributed by atoms with Crippen LogP contribution in [-0.2, 0) is 4.79 Å². The minimum Gasteiger partial charge on any atom is -0.484 e. The largest absolute Gasteiger partial charge is 0.484 e. The molecule has 0 bridgehead atoms. The van der Waals surface area contributed by atoms with E-state index in [-0.39, 0.29) is 12.5 Å². The molecule has 0 saturated heterocycles. The maximum absolute atomic E-state index is 12.0. The van der Waals surface area contributed by atoms with Gasteiger partial charge in [-0.3, -0.25) is 9.59 Å². The lowest BCUT2D eigenvalue weighted by Crippen LogP contribution is -2.20. The summed E-state index contributed by atoms with van der Waals surface area (Å²) in [5.41, 5.74) is 3.42. The Kier molecular flexibility index (Phi) is 5.22. The third-order valence-corrected chi connectivity index (χ3v) is 3.64. The summed E-state index contributed by atoms with van der Waals surface area (Å²) in [7, 11) is 0. The number of carbonyl (C=O) groups excluding carboxylic acids is 2. The van der Waals surface area contributed by atoms with Crippen LogP contribution in [-0.4, -0.2) is 18.8 Å². The van der Waals surface area contributed by atoms with E-state index in [1.165, 1.54) is 0 Å². The molecule has 4 heteroatoms. The van der Waals surface area contributed by atoms with Crippen molar-refractivity contribution in [2.24, 2.45) is 0 Å². The zero-order valence-corrected chi connectivity index (χ0v) is 13.5. The van der Waals surface area contributed by atoms with E-state index in [1.807, 2.05) is 54.6 Å². The molecule has 0 saturated carbocycles. The lowest BCUT2D eigenvalue weighted by Gasteiger charge is -2.09. The summed E-state index contributed by atoms with van der Waals surface area (Å²) >= 11 is 0. The van der Waals surface area contributed by atoms with Crippen LogP contribution < -0.4 is 10.1 Å². The lowest BCUT2D eigenvalue weighted by molar-refractivity contribution is -0.118. The van der Waals surface area contributed by atoms with E-state index < -0.39 is 0 Å². The van der Waals surface area contributed by atoms with Crippen molar-refractivity contribution in [1.29, 1.82) is 0 Å². The summed E-state index contributed by atoms with van der Waals surface area (Å²) in [5, 5.41) is 2.79. The average Bonchev–Trinajstić information content (AvgIpc) is 2.68. The van der Waals surface area contributed by atoms with Gasteiger partial charge in [-0.25, -0.2) is 0 Å². The maximum atomic E-state index is 12.0. The third kappa shape index (κ3) is 4.54. The van der Waals surface area contributed by atoms with Gasteiger partial charge in [0.25, 0.3) is 5.91 Å². The molecule has 0 atom stereocenters. The van der Waals surface area contributed by atoms with Crippen LogP contribution in [0.3, 0.4) is 0 Å². The number of amides is 1. The Morgan fingerprint density at radius 2 is 1.60 bits per heavy atom. The van der Waals surface area contributed by atoms with Crippen molar-refractivity contribution in [1.82, 2.24) is 0 Å². The normalized spacial score (nSPS) is 10.1. The summed E-state index contributed by atoms with van der Waals surface area (Å²) in [5.74, 6) is 0.225. The standard InChI is InChI=1S/C21H17NO3/c23-14-16-5-4-8-20(13-16)25-15-21(24)22-19-11-9-18(10-12-19)17-6-2-1-3-7-17/h1-14H,15H2,(H,22,24). The van der Waals surface area contributed by atoms with Crippen LogP contribution in [0, 0.1) is 0 Å². The molecule has 3 aromatic rings.